The van der Waals surface area contributed by atoms with Crippen molar-refractivity contribution in [1.29, 1.82) is 0 Å². The van der Waals surface area contributed by atoms with Gasteiger partial charge in [0, 0.05) is 38.7 Å². The Labute approximate surface area is 153 Å². The highest BCUT2D eigenvalue weighted by molar-refractivity contribution is 7.80. The summed E-state index contributed by atoms with van der Waals surface area (Å²) in [6.07, 6.45) is 0. The molecular formula is C18H26FN3O2S. The molecule has 0 bridgehead atoms. The molecule has 0 radical (unpaired) electrons. The third kappa shape index (κ3) is 5.37. The molecule has 1 aliphatic heterocycles. The highest BCUT2D eigenvalue weighted by atomic mass is 32.1. The first-order valence-corrected chi connectivity index (χ1v) is 8.90. The van der Waals surface area contributed by atoms with E-state index in [2.05, 4.69) is 10.6 Å². The Morgan fingerprint density at radius 3 is 2.84 bits per heavy atom. The number of likely N-dealkylation sites (tertiary alicyclic amines) is 1. The van der Waals surface area contributed by atoms with Crippen LogP contribution in [0.4, 0.5) is 4.39 Å². The monoisotopic (exact) mass is 367 g/mol. The second-order valence-corrected chi connectivity index (χ2v) is 6.95. The van der Waals surface area contributed by atoms with E-state index >= 15 is 0 Å². The summed E-state index contributed by atoms with van der Waals surface area (Å²) in [5, 5.41) is 6.73. The fourth-order valence-electron chi connectivity index (χ4n) is 3.06. The van der Waals surface area contributed by atoms with Crippen LogP contribution < -0.4 is 10.6 Å². The number of methoxy groups -OCH3 is 1. The van der Waals surface area contributed by atoms with Crippen molar-refractivity contribution in [3.05, 3.63) is 35.6 Å². The standard InChI is InChI=1S/C18H26FN3O2S/c1-12(2)21-18(25)22-10-15(13-5-4-6-14(19)9-13)16(11-22)17(23)20-7-8-24-3/h4-6,9,12,15-16H,7-8,10-11H2,1-3H3,(H,20,23)(H,21,25). The predicted molar refractivity (Wildman–Crippen MR) is 100.0 cm³/mol. The van der Waals surface area contributed by atoms with Gasteiger partial charge in [-0.05, 0) is 43.8 Å². The van der Waals surface area contributed by atoms with Crippen LogP contribution in [0.2, 0.25) is 0 Å². The normalized spacial score (nSPS) is 20.0. The van der Waals surface area contributed by atoms with Crippen molar-refractivity contribution in [1.82, 2.24) is 15.5 Å². The van der Waals surface area contributed by atoms with Crippen LogP contribution in [-0.4, -0.2) is 55.3 Å². The summed E-state index contributed by atoms with van der Waals surface area (Å²) < 4.78 is 18.6. The molecule has 1 aromatic rings. The molecule has 25 heavy (non-hydrogen) atoms. The smallest absolute Gasteiger partial charge is 0.225 e. The zero-order valence-corrected chi connectivity index (χ0v) is 15.7. The quantitative estimate of drug-likeness (QED) is 0.594. The van der Waals surface area contributed by atoms with Gasteiger partial charge in [-0.15, -0.1) is 0 Å². The molecule has 7 heteroatoms. The number of nitrogens with zero attached hydrogens (tertiary/aromatic N) is 1. The van der Waals surface area contributed by atoms with E-state index in [0.29, 0.717) is 31.4 Å². The third-order valence-corrected chi connectivity index (χ3v) is 4.61. The van der Waals surface area contributed by atoms with Crippen molar-refractivity contribution in [2.75, 3.05) is 33.4 Å². The average Bonchev–Trinajstić information content (AvgIpc) is 3.00. The number of nitrogens with one attached hydrogen (secondary N) is 2. The Balaban J connectivity index is 2.16. The van der Waals surface area contributed by atoms with Gasteiger partial charge < -0.3 is 20.3 Å². The highest BCUT2D eigenvalue weighted by Gasteiger charge is 2.39. The van der Waals surface area contributed by atoms with Crippen LogP contribution in [-0.2, 0) is 9.53 Å². The van der Waals surface area contributed by atoms with E-state index in [1.54, 1.807) is 13.2 Å². The molecule has 1 fully saturated rings. The van der Waals surface area contributed by atoms with Gasteiger partial charge >= 0.3 is 0 Å². The van der Waals surface area contributed by atoms with Gasteiger partial charge in [-0.3, -0.25) is 4.79 Å². The lowest BCUT2D eigenvalue weighted by molar-refractivity contribution is -0.125. The van der Waals surface area contributed by atoms with Crippen LogP contribution >= 0.6 is 12.2 Å². The summed E-state index contributed by atoms with van der Waals surface area (Å²) >= 11 is 5.45. The first-order valence-electron chi connectivity index (χ1n) is 8.50. The maximum absolute atomic E-state index is 13.7. The van der Waals surface area contributed by atoms with Crippen LogP contribution in [0.25, 0.3) is 0 Å². The molecular weight excluding hydrogens is 341 g/mol. The highest BCUT2D eigenvalue weighted by Crippen LogP contribution is 2.33. The summed E-state index contributed by atoms with van der Waals surface area (Å²) in [7, 11) is 1.59. The van der Waals surface area contributed by atoms with E-state index in [-0.39, 0.29) is 29.6 Å². The van der Waals surface area contributed by atoms with E-state index in [0.717, 1.165) is 5.56 Å². The molecule has 1 amide bonds. The van der Waals surface area contributed by atoms with Gasteiger partial charge in [0.15, 0.2) is 5.11 Å². The minimum Gasteiger partial charge on any atom is -0.383 e. The van der Waals surface area contributed by atoms with Crippen LogP contribution in [0, 0.1) is 11.7 Å². The number of hydrogen-bond donors (Lipinski definition) is 2. The Morgan fingerprint density at radius 1 is 1.44 bits per heavy atom. The molecule has 2 N–H and O–H groups in total. The lowest BCUT2D eigenvalue weighted by atomic mass is 9.88. The lowest BCUT2D eigenvalue weighted by Crippen LogP contribution is -2.42. The minimum atomic E-state index is -0.294. The first kappa shape index (κ1) is 19.6. The largest absolute Gasteiger partial charge is 0.383 e. The van der Waals surface area contributed by atoms with E-state index in [9.17, 15) is 9.18 Å². The SMILES string of the molecule is COCCNC(=O)C1CN(C(=S)NC(C)C)CC1c1cccc(F)c1. The van der Waals surface area contributed by atoms with Crippen molar-refractivity contribution in [2.45, 2.75) is 25.8 Å². The number of benzene rings is 1. The summed E-state index contributed by atoms with van der Waals surface area (Å²) in [4.78, 5) is 14.6. The third-order valence-electron chi connectivity index (χ3n) is 4.24. The van der Waals surface area contributed by atoms with E-state index in [1.165, 1.54) is 12.1 Å². The van der Waals surface area contributed by atoms with E-state index in [4.69, 9.17) is 17.0 Å². The fourth-order valence-corrected chi connectivity index (χ4v) is 3.44. The number of ether oxygens (including phenoxy) is 1. The van der Waals surface area contributed by atoms with Gasteiger partial charge in [-0.1, -0.05) is 12.1 Å². The zero-order valence-electron chi connectivity index (χ0n) is 14.9. The van der Waals surface area contributed by atoms with Crippen molar-refractivity contribution >= 4 is 23.2 Å². The molecule has 2 atom stereocenters. The lowest BCUT2D eigenvalue weighted by Gasteiger charge is -2.22. The molecule has 138 valence electrons. The van der Waals surface area contributed by atoms with Gasteiger partial charge in [0.1, 0.15) is 5.82 Å². The van der Waals surface area contributed by atoms with Crippen molar-refractivity contribution in [2.24, 2.45) is 5.92 Å². The Bertz CT molecular complexity index is 612. The minimum absolute atomic E-state index is 0.0545. The Kier molecular flexibility index (Phi) is 7.13. The number of halogens is 1. The summed E-state index contributed by atoms with van der Waals surface area (Å²) in [6, 6.07) is 6.68. The first-order chi connectivity index (χ1) is 11.9. The van der Waals surface area contributed by atoms with Gasteiger partial charge in [0.2, 0.25) is 5.91 Å². The Morgan fingerprint density at radius 2 is 2.20 bits per heavy atom. The van der Waals surface area contributed by atoms with Crippen LogP contribution in [0.3, 0.4) is 0 Å². The number of thiocarbonyl (C=S) groups is 1. The summed E-state index contributed by atoms with van der Waals surface area (Å²) in [6.45, 7) is 6.04. The number of hydrogen-bond acceptors (Lipinski definition) is 3. The second-order valence-electron chi connectivity index (χ2n) is 6.56. The molecule has 1 heterocycles. The van der Waals surface area contributed by atoms with Crippen molar-refractivity contribution in [3.8, 4) is 0 Å². The molecule has 1 aromatic carbocycles. The topological polar surface area (TPSA) is 53.6 Å². The molecule has 0 aromatic heterocycles. The predicted octanol–water partition coefficient (Wildman–Crippen LogP) is 1.89. The van der Waals surface area contributed by atoms with Gasteiger partial charge in [0.05, 0.1) is 12.5 Å². The van der Waals surface area contributed by atoms with Gasteiger partial charge in [-0.25, -0.2) is 4.39 Å². The molecule has 0 saturated carbocycles. The van der Waals surface area contributed by atoms with Crippen molar-refractivity contribution in [3.63, 3.8) is 0 Å². The van der Waals surface area contributed by atoms with Gasteiger partial charge in [0.25, 0.3) is 0 Å². The zero-order chi connectivity index (χ0) is 18.4. The maximum Gasteiger partial charge on any atom is 0.225 e. The number of carbonyl (C=O) groups excluding carboxylic acids is 1. The summed E-state index contributed by atoms with van der Waals surface area (Å²) in [5.41, 5.74) is 0.821. The molecule has 5 nitrogen and oxygen atoms in total. The fraction of sp³-hybridized carbons (Fsp3) is 0.556. The number of rotatable bonds is 6. The molecule has 2 unspecified atom stereocenters. The van der Waals surface area contributed by atoms with Crippen LogP contribution in [0.5, 0.6) is 0 Å². The van der Waals surface area contributed by atoms with E-state index < -0.39 is 0 Å². The van der Waals surface area contributed by atoms with Crippen molar-refractivity contribution < 1.29 is 13.9 Å². The molecule has 0 aliphatic carbocycles. The van der Waals surface area contributed by atoms with Crippen LogP contribution in [0.15, 0.2) is 24.3 Å². The maximum atomic E-state index is 13.7. The molecule has 2 rings (SSSR count). The molecule has 1 saturated heterocycles. The average molecular weight is 367 g/mol. The molecule has 0 spiro atoms. The van der Waals surface area contributed by atoms with E-state index in [1.807, 2.05) is 24.8 Å². The van der Waals surface area contributed by atoms with Gasteiger partial charge in [-0.2, -0.15) is 0 Å². The number of carbonyl (C=O) groups is 1. The van der Waals surface area contributed by atoms with Crippen LogP contribution in [0.1, 0.15) is 25.3 Å². The second kappa shape index (κ2) is 9.10. The molecule has 1 aliphatic rings. The number of amides is 1. The summed E-state index contributed by atoms with van der Waals surface area (Å²) in [5.74, 6) is -0.741. The Hall–Kier alpha value is -1.73.